The molecule has 0 radical (unpaired) electrons. The number of hydrogen-bond donors (Lipinski definition) is 1. The molecule has 0 saturated carbocycles. The van der Waals surface area contributed by atoms with E-state index >= 15 is 0 Å². The summed E-state index contributed by atoms with van der Waals surface area (Å²) in [7, 11) is -3.40. The Bertz CT molecular complexity index is 532. The van der Waals surface area contributed by atoms with E-state index in [0.29, 0.717) is 12.0 Å². The van der Waals surface area contributed by atoms with E-state index in [2.05, 4.69) is 9.46 Å². The van der Waals surface area contributed by atoms with Crippen molar-refractivity contribution in [2.75, 3.05) is 18.2 Å². The Hall–Kier alpha value is -0.990. The lowest BCUT2D eigenvalue weighted by Crippen LogP contribution is -2.26. The number of alkyl halides is 4. The monoisotopic (exact) mass is 345 g/mol. The van der Waals surface area contributed by atoms with Gasteiger partial charge in [-0.1, -0.05) is 12.1 Å². The van der Waals surface area contributed by atoms with E-state index in [9.17, 15) is 21.6 Å². The summed E-state index contributed by atoms with van der Waals surface area (Å²) in [6.07, 6.45) is -4.04. The van der Waals surface area contributed by atoms with Crippen LogP contribution in [-0.4, -0.2) is 32.8 Å². The van der Waals surface area contributed by atoms with Crippen LogP contribution in [0.15, 0.2) is 24.3 Å². The van der Waals surface area contributed by atoms with Crippen LogP contribution in [0.25, 0.3) is 0 Å². The quantitative estimate of drug-likeness (QED) is 0.737. The first kappa shape index (κ1) is 18.1. The minimum absolute atomic E-state index is 0.0597. The predicted octanol–water partition coefficient (Wildman–Crippen LogP) is 2.68. The molecule has 9 heteroatoms. The van der Waals surface area contributed by atoms with Gasteiger partial charge in [0.2, 0.25) is 10.0 Å². The second kappa shape index (κ2) is 7.86. The Morgan fingerprint density at radius 1 is 1.19 bits per heavy atom. The van der Waals surface area contributed by atoms with Gasteiger partial charge in [0, 0.05) is 12.4 Å². The Balaban J connectivity index is 2.48. The fraction of sp³-hybridized carbons (Fsp3) is 0.500. The van der Waals surface area contributed by atoms with Crippen LogP contribution in [0.1, 0.15) is 12.0 Å². The van der Waals surface area contributed by atoms with E-state index in [4.69, 9.17) is 11.6 Å². The summed E-state index contributed by atoms with van der Waals surface area (Å²) >= 11 is 5.42. The van der Waals surface area contributed by atoms with Gasteiger partial charge in [0.15, 0.2) is 6.61 Å². The topological polar surface area (TPSA) is 55.4 Å². The molecule has 0 amide bonds. The van der Waals surface area contributed by atoms with Gasteiger partial charge in [0.25, 0.3) is 0 Å². The first-order chi connectivity index (χ1) is 9.72. The van der Waals surface area contributed by atoms with Gasteiger partial charge in [-0.2, -0.15) is 13.2 Å². The second-order valence-electron chi connectivity index (χ2n) is 4.23. The molecule has 0 aromatic heterocycles. The number of benzene rings is 1. The van der Waals surface area contributed by atoms with Crippen molar-refractivity contribution in [2.45, 2.75) is 19.1 Å². The average molecular weight is 346 g/mol. The van der Waals surface area contributed by atoms with Gasteiger partial charge in [0.1, 0.15) is 5.75 Å². The molecule has 21 heavy (non-hydrogen) atoms. The molecule has 0 fully saturated rings. The number of sulfonamides is 1. The van der Waals surface area contributed by atoms with E-state index in [-0.39, 0.29) is 23.9 Å². The highest BCUT2D eigenvalue weighted by Gasteiger charge is 2.28. The summed E-state index contributed by atoms with van der Waals surface area (Å²) in [4.78, 5) is 0. The van der Waals surface area contributed by atoms with Crippen molar-refractivity contribution in [3.63, 3.8) is 0 Å². The summed E-state index contributed by atoms with van der Waals surface area (Å²) in [6.45, 7) is -1.30. The third-order valence-corrected chi connectivity index (χ3v) is 4.05. The summed E-state index contributed by atoms with van der Waals surface area (Å²) < 4.78 is 65.9. The SMILES string of the molecule is O=S(=O)(CCCCl)NCc1ccc(OCC(F)(F)F)cc1. The molecule has 0 aliphatic carbocycles. The van der Waals surface area contributed by atoms with Gasteiger partial charge in [-0.3, -0.25) is 0 Å². The first-order valence-corrected chi connectivity index (χ1v) is 8.22. The number of ether oxygens (including phenoxy) is 1. The summed E-state index contributed by atoms with van der Waals surface area (Å²) in [5, 5.41) is 0. The normalized spacial score (nSPS) is 12.4. The number of nitrogens with one attached hydrogen (secondary N) is 1. The molecule has 4 nitrogen and oxygen atoms in total. The smallest absolute Gasteiger partial charge is 0.422 e. The van der Waals surface area contributed by atoms with E-state index < -0.39 is 22.8 Å². The molecule has 0 spiro atoms. The molecule has 0 atom stereocenters. The molecule has 0 aliphatic rings. The zero-order valence-electron chi connectivity index (χ0n) is 11.0. The molecule has 1 N–H and O–H groups in total. The molecule has 0 unspecified atom stereocenters. The fourth-order valence-corrected chi connectivity index (χ4v) is 2.73. The third-order valence-electron chi connectivity index (χ3n) is 2.37. The number of halogens is 4. The van der Waals surface area contributed by atoms with E-state index in [0.717, 1.165) is 0 Å². The highest BCUT2D eigenvalue weighted by atomic mass is 35.5. The molecular formula is C12H15ClF3NO3S. The lowest BCUT2D eigenvalue weighted by molar-refractivity contribution is -0.153. The van der Waals surface area contributed by atoms with Crippen molar-refractivity contribution in [1.29, 1.82) is 0 Å². The van der Waals surface area contributed by atoms with Gasteiger partial charge >= 0.3 is 6.18 Å². The Labute approximate surface area is 126 Å². The minimum atomic E-state index is -4.39. The first-order valence-electron chi connectivity index (χ1n) is 6.04. The van der Waals surface area contributed by atoms with Gasteiger partial charge in [-0.05, 0) is 24.1 Å². The van der Waals surface area contributed by atoms with Crippen LogP contribution in [0.2, 0.25) is 0 Å². The Morgan fingerprint density at radius 2 is 1.81 bits per heavy atom. The molecule has 120 valence electrons. The van der Waals surface area contributed by atoms with Crippen LogP contribution >= 0.6 is 11.6 Å². The zero-order valence-corrected chi connectivity index (χ0v) is 12.6. The van der Waals surface area contributed by atoms with Gasteiger partial charge in [-0.15, -0.1) is 11.6 Å². The summed E-state index contributed by atoms with van der Waals surface area (Å²) in [5.74, 6) is 0.260. The van der Waals surface area contributed by atoms with Crippen molar-refractivity contribution in [3.05, 3.63) is 29.8 Å². The third kappa shape index (κ3) is 8.13. The lowest BCUT2D eigenvalue weighted by atomic mass is 10.2. The van der Waals surface area contributed by atoms with E-state index in [1.54, 1.807) is 0 Å². The van der Waals surface area contributed by atoms with Crippen LogP contribution in [-0.2, 0) is 16.6 Å². The van der Waals surface area contributed by atoms with Crippen molar-refractivity contribution in [1.82, 2.24) is 4.72 Å². The van der Waals surface area contributed by atoms with Gasteiger partial charge < -0.3 is 4.74 Å². The van der Waals surface area contributed by atoms with Crippen LogP contribution in [0.5, 0.6) is 5.75 Å². The largest absolute Gasteiger partial charge is 0.484 e. The molecule has 1 aromatic rings. The molecule has 0 aliphatic heterocycles. The second-order valence-corrected chi connectivity index (χ2v) is 6.53. The summed E-state index contributed by atoms with van der Waals surface area (Å²) in [5.41, 5.74) is 0.615. The van der Waals surface area contributed by atoms with Crippen LogP contribution in [0.3, 0.4) is 0 Å². The highest BCUT2D eigenvalue weighted by Crippen LogP contribution is 2.18. The van der Waals surface area contributed by atoms with Crippen molar-refractivity contribution in [2.24, 2.45) is 0 Å². The maximum absolute atomic E-state index is 12.0. The maximum atomic E-state index is 12.0. The minimum Gasteiger partial charge on any atom is -0.484 e. The Kier molecular flexibility index (Phi) is 6.76. The van der Waals surface area contributed by atoms with E-state index in [1.807, 2.05) is 0 Å². The molecule has 0 saturated heterocycles. The Morgan fingerprint density at radius 3 is 2.33 bits per heavy atom. The van der Waals surface area contributed by atoms with E-state index in [1.165, 1.54) is 24.3 Å². The maximum Gasteiger partial charge on any atom is 0.422 e. The van der Waals surface area contributed by atoms with Crippen LogP contribution in [0, 0.1) is 0 Å². The molecule has 1 aromatic carbocycles. The zero-order chi connectivity index (χ0) is 15.9. The van der Waals surface area contributed by atoms with Gasteiger partial charge in [-0.25, -0.2) is 13.1 Å². The fourth-order valence-electron chi connectivity index (χ4n) is 1.38. The number of hydrogen-bond acceptors (Lipinski definition) is 3. The highest BCUT2D eigenvalue weighted by molar-refractivity contribution is 7.89. The standard InChI is InChI=1S/C12H15ClF3NO3S/c13-6-1-7-21(18,19)17-8-10-2-4-11(5-3-10)20-9-12(14,15)16/h2-5,17H,1,6-9H2. The number of rotatable bonds is 8. The van der Waals surface area contributed by atoms with Crippen LogP contribution < -0.4 is 9.46 Å². The molecule has 0 bridgehead atoms. The predicted molar refractivity (Wildman–Crippen MR) is 74.0 cm³/mol. The average Bonchev–Trinajstić information content (AvgIpc) is 2.41. The van der Waals surface area contributed by atoms with Crippen molar-refractivity contribution in [3.8, 4) is 5.75 Å². The van der Waals surface area contributed by atoms with Gasteiger partial charge in [0.05, 0.1) is 5.75 Å². The van der Waals surface area contributed by atoms with Crippen molar-refractivity contribution >= 4 is 21.6 Å². The molecule has 1 rings (SSSR count). The van der Waals surface area contributed by atoms with Crippen LogP contribution in [0.4, 0.5) is 13.2 Å². The summed E-state index contributed by atoms with van der Waals surface area (Å²) in [6, 6.07) is 5.70. The van der Waals surface area contributed by atoms with Crippen molar-refractivity contribution < 1.29 is 26.3 Å². The molecular weight excluding hydrogens is 331 g/mol. The molecule has 0 heterocycles. The lowest BCUT2D eigenvalue weighted by Gasteiger charge is -2.10.